The Kier molecular flexibility index (Phi) is 4.46. The molecule has 0 aliphatic heterocycles. The molecular formula is C12H19N3O3S. The lowest BCUT2D eigenvalue weighted by molar-refractivity contribution is -0.133. The molecule has 1 fully saturated rings. The predicted octanol–water partition coefficient (Wildman–Crippen LogP) is 2.28. The minimum absolute atomic E-state index is 0.00424. The normalized spacial score (nSPS) is 16.8. The SMILES string of the molecule is CC(C)O[C@@H](C)c1nnc(SCC(=O)O)n1C1CC1. The molecular weight excluding hydrogens is 266 g/mol. The predicted molar refractivity (Wildman–Crippen MR) is 71.3 cm³/mol. The quantitative estimate of drug-likeness (QED) is 0.774. The van der Waals surface area contributed by atoms with Gasteiger partial charge in [-0.3, -0.25) is 4.79 Å². The molecule has 1 heterocycles. The number of aliphatic carboxylic acids is 1. The van der Waals surface area contributed by atoms with Crippen LogP contribution in [0.15, 0.2) is 5.16 Å². The summed E-state index contributed by atoms with van der Waals surface area (Å²) in [6.45, 7) is 5.91. The van der Waals surface area contributed by atoms with E-state index >= 15 is 0 Å². The van der Waals surface area contributed by atoms with Crippen molar-refractivity contribution in [3.8, 4) is 0 Å². The molecule has 0 amide bonds. The summed E-state index contributed by atoms with van der Waals surface area (Å²) < 4.78 is 7.79. The first-order chi connectivity index (χ1) is 8.99. The molecule has 6 nitrogen and oxygen atoms in total. The summed E-state index contributed by atoms with van der Waals surface area (Å²) in [7, 11) is 0. The van der Waals surface area contributed by atoms with Crippen molar-refractivity contribution in [2.45, 2.75) is 57.0 Å². The monoisotopic (exact) mass is 285 g/mol. The van der Waals surface area contributed by atoms with Gasteiger partial charge >= 0.3 is 5.97 Å². The average molecular weight is 285 g/mol. The third kappa shape index (κ3) is 3.70. The fourth-order valence-electron chi connectivity index (χ4n) is 1.94. The van der Waals surface area contributed by atoms with Gasteiger partial charge in [-0.2, -0.15) is 0 Å². The molecule has 106 valence electrons. The largest absolute Gasteiger partial charge is 0.481 e. The van der Waals surface area contributed by atoms with E-state index in [1.54, 1.807) is 0 Å². The summed E-state index contributed by atoms with van der Waals surface area (Å²) in [4.78, 5) is 10.7. The minimum Gasteiger partial charge on any atom is -0.481 e. The van der Waals surface area contributed by atoms with Crippen LogP contribution < -0.4 is 0 Å². The van der Waals surface area contributed by atoms with Gasteiger partial charge in [-0.15, -0.1) is 10.2 Å². The van der Waals surface area contributed by atoms with Crippen LogP contribution >= 0.6 is 11.8 Å². The van der Waals surface area contributed by atoms with Gasteiger partial charge in [0.1, 0.15) is 6.10 Å². The molecule has 0 unspecified atom stereocenters. The zero-order chi connectivity index (χ0) is 14.0. The Morgan fingerprint density at radius 2 is 2.16 bits per heavy atom. The van der Waals surface area contributed by atoms with Crippen molar-refractivity contribution in [1.29, 1.82) is 0 Å². The van der Waals surface area contributed by atoms with E-state index in [0.717, 1.165) is 18.7 Å². The Bertz CT molecular complexity index is 457. The van der Waals surface area contributed by atoms with Crippen LogP contribution in [0.4, 0.5) is 0 Å². The molecule has 1 saturated carbocycles. The molecule has 1 N–H and O–H groups in total. The van der Waals surface area contributed by atoms with Gasteiger partial charge in [0.25, 0.3) is 0 Å². The average Bonchev–Trinajstić information content (AvgIpc) is 3.05. The zero-order valence-electron chi connectivity index (χ0n) is 11.4. The molecule has 2 rings (SSSR count). The first-order valence-electron chi connectivity index (χ1n) is 6.44. The molecule has 1 aliphatic rings. The van der Waals surface area contributed by atoms with Crippen molar-refractivity contribution in [2.75, 3.05) is 5.75 Å². The van der Waals surface area contributed by atoms with Crippen LogP contribution in [0.25, 0.3) is 0 Å². The topological polar surface area (TPSA) is 77.2 Å². The lowest BCUT2D eigenvalue weighted by Crippen LogP contribution is -2.13. The van der Waals surface area contributed by atoms with Crippen LogP contribution in [0.2, 0.25) is 0 Å². The van der Waals surface area contributed by atoms with E-state index in [2.05, 4.69) is 10.2 Å². The fraction of sp³-hybridized carbons (Fsp3) is 0.750. The second-order valence-corrected chi connectivity index (χ2v) is 5.89. The molecule has 1 aromatic rings. The number of carboxylic acids is 1. The van der Waals surface area contributed by atoms with Crippen molar-refractivity contribution < 1.29 is 14.6 Å². The minimum atomic E-state index is -0.844. The van der Waals surface area contributed by atoms with E-state index in [-0.39, 0.29) is 18.0 Å². The third-order valence-electron chi connectivity index (χ3n) is 2.77. The van der Waals surface area contributed by atoms with Crippen molar-refractivity contribution in [2.24, 2.45) is 0 Å². The molecule has 0 spiro atoms. The molecule has 1 aliphatic carbocycles. The van der Waals surface area contributed by atoms with Crippen molar-refractivity contribution in [1.82, 2.24) is 14.8 Å². The van der Waals surface area contributed by atoms with Crippen LogP contribution in [0.1, 0.15) is 51.6 Å². The number of aromatic nitrogens is 3. The fourth-order valence-corrected chi connectivity index (χ4v) is 2.67. The van der Waals surface area contributed by atoms with Crippen LogP contribution in [0.5, 0.6) is 0 Å². The van der Waals surface area contributed by atoms with Gasteiger partial charge in [-0.25, -0.2) is 0 Å². The molecule has 1 atom stereocenters. The lowest BCUT2D eigenvalue weighted by atomic mass is 10.3. The second kappa shape index (κ2) is 5.92. The van der Waals surface area contributed by atoms with Crippen LogP contribution in [-0.4, -0.2) is 37.7 Å². The summed E-state index contributed by atoms with van der Waals surface area (Å²) in [5.41, 5.74) is 0. The number of thioether (sulfide) groups is 1. The van der Waals surface area contributed by atoms with Gasteiger partial charge in [0.05, 0.1) is 11.9 Å². The van der Waals surface area contributed by atoms with E-state index < -0.39 is 5.97 Å². The highest BCUT2D eigenvalue weighted by Gasteiger charge is 2.31. The molecule has 19 heavy (non-hydrogen) atoms. The number of carbonyl (C=O) groups is 1. The number of hydrogen-bond acceptors (Lipinski definition) is 5. The maximum atomic E-state index is 10.7. The highest BCUT2D eigenvalue weighted by atomic mass is 32.2. The standard InChI is InChI=1S/C12H19N3O3S/c1-7(2)18-8(3)11-13-14-12(19-6-10(16)17)15(11)9-4-5-9/h7-9H,4-6H2,1-3H3,(H,16,17)/t8-/m0/s1. The molecule has 0 aromatic carbocycles. The molecule has 7 heteroatoms. The van der Waals surface area contributed by atoms with Crippen molar-refractivity contribution in [3.63, 3.8) is 0 Å². The van der Waals surface area contributed by atoms with Crippen LogP contribution in [-0.2, 0) is 9.53 Å². The van der Waals surface area contributed by atoms with Crippen molar-refractivity contribution in [3.05, 3.63) is 5.82 Å². The van der Waals surface area contributed by atoms with Gasteiger partial charge < -0.3 is 14.4 Å². The highest BCUT2D eigenvalue weighted by Crippen LogP contribution is 2.40. The van der Waals surface area contributed by atoms with Gasteiger partial charge in [-0.1, -0.05) is 11.8 Å². The summed E-state index contributed by atoms with van der Waals surface area (Å²) in [5, 5.41) is 17.7. The summed E-state index contributed by atoms with van der Waals surface area (Å²) >= 11 is 1.21. The van der Waals surface area contributed by atoms with E-state index in [1.807, 2.05) is 25.3 Å². The lowest BCUT2D eigenvalue weighted by Gasteiger charge is -2.17. The summed E-state index contributed by atoms with van der Waals surface area (Å²) in [5.74, 6) is -0.0444. The molecule has 0 radical (unpaired) electrons. The van der Waals surface area contributed by atoms with Gasteiger partial charge in [-0.05, 0) is 33.6 Å². The zero-order valence-corrected chi connectivity index (χ0v) is 12.2. The summed E-state index contributed by atoms with van der Waals surface area (Å²) in [6.07, 6.45) is 2.18. The number of ether oxygens (including phenoxy) is 1. The van der Waals surface area contributed by atoms with Gasteiger partial charge in [0.15, 0.2) is 11.0 Å². The number of nitrogens with zero attached hydrogens (tertiary/aromatic N) is 3. The molecule has 1 aromatic heterocycles. The van der Waals surface area contributed by atoms with Crippen LogP contribution in [0, 0.1) is 0 Å². The Morgan fingerprint density at radius 3 is 2.68 bits per heavy atom. The van der Waals surface area contributed by atoms with Crippen LogP contribution in [0.3, 0.4) is 0 Å². The maximum absolute atomic E-state index is 10.7. The Labute approximate surface area is 116 Å². The first-order valence-corrected chi connectivity index (χ1v) is 7.42. The highest BCUT2D eigenvalue weighted by molar-refractivity contribution is 7.99. The van der Waals surface area contributed by atoms with E-state index in [0.29, 0.717) is 11.2 Å². The van der Waals surface area contributed by atoms with E-state index in [9.17, 15) is 4.79 Å². The van der Waals surface area contributed by atoms with Crippen molar-refractivity contribution >= 4 is 17.7 Å². The number of rotatable bonds is 7. The third-order valence-corrected chi connectivity index (χ3v) is 3.70. The second-order valence-electron chi connectivity index (χ2n) is 4.95. The van der Waals surface area contributed by atoms with Gasteiger partial charge in [0.2, 0.25) is 0 Å². The molecule has 0 saturated heterocycles. The first kappa shape index (κ1) is 14.3. The number of carboxylic acid groups (broad SMARTS) is 1. The van der Waals surface area contributed by atoms with E-state index in [1.165, 1.54) is 11.8 Å². The Hall–Kier alpha value is -1.08. The smallest absolute Gasteiger partial charge is 0.313 e. The van der Waals surface area contributed by atoms with Gasteiger partial charge in [0, 0.05) is 6.04 Å². The Morgan fingerprint density at radius 1 is 1.47 bits per heavy atom. The maximum Gasteiger partial charge on any atom is 0.313 e. The Balaban J connectivity index is 2.16. The molecule has 0 bridgehead atoms. The summed E-state index contributed by atoms with van der Waals surface area (Å²) in [6, 6.07) is 0.402. The van der Waals surface area contributed by atoms with E-state index in [4.69, 9.17) is 9.84 Å². The number of hydrogen-bond donors (Lipinski definition) is 1.